The molecule has 3 rings (SSSR count). The lowest BCUT2D eigenvalue weighted by molar-refractivity contribution is 0.233. The maximum Gasteiger partial charge on any atom is 0.179 e. The van der Waals surface area contributed by atoms with Gasteiger partial charge in [-0.1, -0.05) is 20.8 Å². The zero-order chi connectivity index (χ0) is 23.5. The topological polar surface area (TPSA) is 138 Å². The first-order chi connectivity index (χ1) is 15.1. The molecular weight excluding hydrogens is 432 g/mol. The van der Waals surface area contributed by atoms with Crippen LogP contribution in [0.1, 0.15) is 32.8 Å². The molecule has 10 heteroatoms. The summed E-state index contributed by atoms with van der Waals surface area (Å²) in [5.74, 6) is 0.438. The van der Waals surface area contributed by atoms with Gasteiger partial charge in [0.15, 0.2) is 9.84 Å². The predicted molar refractivity (Wildman–Crippen MR) is 121 cm³/mol. The smallest absolute Gasteiger partial charge is 0.179 e. The maximum atomic E-state index is 12.4. The number of rotatable bonds is 8. The maximum absolute atomic E-state index is 12.4. The molecule has 32 heavy (non-hydrogen) atoms. The SMILES string of the molecule is CC(C)(C)c1cc(OCCCO)cc(N2CN=c3ccc(S(=O)(=O)CCN)cc3=N2)c1O. The highest BCUT2D eigenvalue weighted by Gasteiger charge is 2.25. The van der Waals surface area contributed by atoms with Gasteiger partial charge in [-0.05, 0) is 29.7 Å². The van der Waals surface area contributed by atoms with E-state index in [9.17, 15) is 13.5 Å². The Kier molecular flexibility index (Phi) is 7.06. The van der Waals surface area contributed by atoms with Crippen molar-refractivity contribution in [1.82, 2.24) is 0 Å². The number of hydrogen-bond donors (Lipinski definition) is 3. The van der Waals surface area contributed by atoms with E-state index in [0.717, 1.165) is 0 Å². The second-order valence-electron chi connectivity index (χ2n) is 8.57. The molecule has 0 atom stereocenters. The molecule has 0 radical (unpaired) electrons. The average molecular weight is 463 g/mol. The van der Waals surface area contributed by atoms with Crippen molar-refractivity contribution in [3.8, 4) is 11.5 Å². The van der Waals surface area contributed by atoms with Crippen LogP contribution in [0.5, 0.6) is 11.5 Å². The van der Waals surface area contributed by atoms with Gasteiger partial charge < -0.3 is 20.7 Å². The number of fused-ring (bicyclic) bond motifs is 1. The van der Waals surface area contributed by atoms with E-state index in [4.69, 9.17) is 15.6 Å². The summed E-state index contributed by atoms with van der Waals surface area (Å²) in [6.07, 6.45) is 0.484. The average Bonchev–Trinajstić information content (AvgIpc) is 2.73. The van der Waals surface area contributed by atoms with Gasteiger partial charge in [-0.3, -0.25) is 4.99 Å². The van der Waals surface area contributed by atoms with Crippen LogP contribution in [0.4, 0.5) is 5.69 Å². The number of phenols is 1. The van der Waals surface area contributed by atoms with Crippen LogP contribution in [0.2, 0.25) is 0 Å². The monoisotopic (exact) mass is 462 g/mol. The molecule has 2 aromatic rings. The number of nitrogens with two attached hydrogens (primary N) is 1. The molecule has 0 spiro atoms. The van der Waals surface area contributed by atoms with Crippen molar-refractivity contribution in [3.05, 3.63) is 46.6 Å². The van der Waals surface area contributed by atoms with E-state index in [0.29, 0.717) is 40.7 Å². The van der Waals surface area contributed by atoms with E-state index in [2.05, 4.69) is 10.1 Å². The van der Waals surface area contributed by atoms with E-state index >= 15 is 0 Å². The lowest BCUT2D eigenvalue weighted by Gasteiger charge is -2.27. The number of aliphatic hydroxyl groups excluding tert-OH is 1. The summed E-state index contributed by atoms with van der Waals surface area (Å²) in [7, 11) is -3.51. The molecule has 1 aliphatic heterocycles. The Bertz CT molecular complexity index is 1210. The zero-order valence-electron chi connectivity index (χ0n) is 18.6. The number of sulfone groups is 1. The number of anilines is 1. The fourth-order valence-corrected chi connectivity index (χ4v) is 4.43. The summed E-state index contributed by atoms with van der Waals surface area (Å²) < 4.78 is 30.6. The highest BCUT2D eigenvalue weighted by atomic mass is 32.2. The fourth-order valence-electron chi connectivity index (χ4n) is 3.32. The van der Waals surface area contributed by atoms with Crippen LogP contribution in [0.15, 0.2) is 45.3 Å². The van der Waals surface area contributed by atoms with E-state index in [1.54, 1.807) is 18.2 Å². The van der Waals surface area contributed by atoms with Gasteiger partial charge in [0.2, 0.25) is 0 Å². The summed E-state index contributed by atoms with van der Waals surface area (Å²) in [5, 5.41) is 27.1. The molecule has 9 nitrogen and oxygen atoms in total. The Morgan fingerprint density at radius 3 is 2.59 bits per heavy atom. The Balaban J connectivity index is 2.09. The molecule has 0 aromatic heterocycles. The molecule has 0 fully saturated rings. The lowest BCUT2D eigenvalue weighted by Crippen LogP contribution is -2.37. The first-order valence-electron chi connectivity index (χ1n) is 10.4. The van der Waals surface area contributed by atoms with E-state index in [-0.39, 0.29) is 41.6 Å². The van der Waals surface area contributed by atoms with Crippen LogP contribution in [0.3, 0.4) is 0 Å². The van der Waals surface area contributed by atoms with Gasteiger partial charge >= 0.3 is 0 Å². The molecule has 0 unspecified atom stereocenters. The molecule has 1 aliphatic rings. The van der Waals surface area contributed by atoms with Gasteiger partial charge in [-0.25, -0.2) is 13.4 Å². The Hall–Kier alpha value is -2.69. The molecule has 0 aliphatic carbocycles. The molecule has 0 saturated carbocycles. The minimum absolute atomic E-state index is 0.0174. The second kappa shape index (κ2) is 9.43. The van der Waals surface area contributed by atoms with Crippen LogP contribution in [-0.4, -0.2) is 50.8 Å². The van der Waals surface area contributed by atoms with Crippen molar-refractivity contribution in [2.75, 3.05) is 37.2 Å². The summed E-state index contributed by atoms with van der Waals surface area (Å²) in [6, 6.07) is 8.04. The van der Waals surface area contributed by atoms with Crippen LogP contribution in [-0.2, 0) is 15.3 Å². The number of ether oxygens (including phenoxy) is 1. The molecule has 0 amide bonds. The fraction of sp³-hybridized carbons (Fsp3) is 0.455. The van der Waals surface area contributed by atoms with Crippen LogP contribution >= 0.6 is 0 Å². The van der Waals surface area contributed by atoms with E-state index < -0.39 is 9.84 Å². The van der Waals surface area contributed by atoms with Gasteiger partial charge in [0.1, 0.15) is 29.2 Å². The summed E-state index contributed by atoms with van der Waals surface area (Å²) in [4.78, 5) is 4.61. The first-order valence-corrected chi connectivity index (χ1v) is 12.1. The Morgan fingerprint density at radius 2 is 1.94 bits per heavy atom. The van der Waals surface area contributed by atoms with Gasteiger partial charge in [0, 0.05) is 31.2 Å². The van der Waals surface area contributed by atoms with Crippen molar-refractivity contribution in [2.24, 2.45) is 15.8 Å². The summed E-state index contributed by atoms with van der Waals surface area (Å²) in [6.45, 7) is 6.46. The highest BCUT2D eigenvalue weighted by molar-refractivity contribution is 7.91. The van der Waals surface area contributed by atoms with Gasteiger partial charge in [-0.15, -0.1) is 0 Å². The minimum atomic E-state index is -3.51. The number of hydrogen-bond acceptors (Lipinski definition) is 9. The quantitative estimate of drug-likeness (QED) is 0.494. The van der Waals surface area contributed by atoms with Crippen LogP contribution in [0.25, 0.3) is 0 Å². The molecule has 0 bridgehead atoms. The number of phenolic OH excluding ortho intramolecular Hbond substituents is 1. The molecular formula is C22H30N4O5S. The first kappa shape index (κ1) is 24.0. The van der Waals surface area contributed by atoms with Crippen molar-refractivity contribution in [1.29, 1.82) is 0 Å². The number of aromatic hydroxyl groups is 1. The Morgan fingerprint density at radius 1 is 1.19 bits per heavy atom. The van der Waals surface area contributed by atoms with Crippen molar-refractivity contribution >= 4 is 15.5 Å². The van der Waals surface area contributed by atoms with Gasteiger partial charge in [-0.2, -0.15) is 5.10 Å². The lowest BCUT2D eigenvalue weighted by atomic mass is 9.85. The Labute approximate surface area is 187 Å². The molecule has 0 saturated heterocycles. The van der Waals surface area contributed by atoms with Crippen molar-refractivity contribution in [2.45, 2.75) is 37.5 Å². The van der Waals surface area contributed by atoms with Gasteiger partial charge in [0.25, 0.3) is 0 Å². The number of aliphatic hydroxyl groups is 1. The number of nitrogens with zero attached hydrogens (tertiary/aromatic N) is 3. The van der Waals surface area contributed by atoms with Gasteiger partial charge in [0.05, 0.1) is 22.6 Å². The predicted octanol–water partition coefficient (Wildman–Crippen LogP) is 0.815. The summed E-state index contributed by atoms with van der Waals surface area (Å²) in [5.41, 5.74) is 6.14. The summed E-state index contributed by atoms with van der Waals surface area (Å²) >= 11 is 0. The molecule has 4 N–H and O–H groups in total. The number of benzene rings is 2. The molecule has 2 aromatic carbocycles. The standard InChI is InChI=1S/C22H30N4O5S/c1-22(2,3)17-11-15(31-9-4-8-27)12-20(21(17)28)26-14-24-18-6-5-16(13-19(18)25-26)32(29,30)10-7-23/h5-6,11-13,27-28H,4,7-10,14,23H2,1-3H3. The van der Waals surface area contributed by atoms with E-state index in [1.807, 2.05) is 20.8 Å². The van der Waals surface area contributed by atoms with Crippen LogP contribution < -0.4 is 26.2 Å². The third kappa shape index (κ3) is 5.20. The molecule has 1 heterocycles. The van der Waals surface area contributed by atoms with E-state index in [1.165, 1.54) is 17.1 Å². The largest absolute Gasteiger partial charge is 0.505 e. The molecule has 174 valence electrons. The minimum Gasteiger partial charge on any atom is -0.505 e. The highest BCUT2D eigenvalue weighted by Crippen LogP contribution is 2.41. The normalized spacial score (nSPS) is 13.8. The van der Waals surface area contributed by atoms with Crippen LogP contribution in [0, 0.1) is 0 Å². The van der Waals surface area contributed by atoms with Crippen molar-refractivity contribution in [3.63, 3.8) is 0 Å². The second-order valence-corrected chi connectivity index (χ2v) is 10.7. The third-order valence-corrected chi connectivity index (χ3v) is 6.76. The third-order valence-electron chi connectivity index (χ3n) is 5.02. The van der Waals surface area contributed by atoms with Crippen molar-refractivity contribution < 1.29 is 23.4 Å². The zero-order valence-corrected chi connectivity index (χ0v) is 19.4.